The first kappa shape index (κ1) is 16.2. The molecule has 1 aromatic carbocycles. The van der Waals surface area contributed by atoms with Crippen molar-refractivity contribution in [3.63, 3.8) is 0 Å². The molecule has 0 aromatic heterocycles. The average Bonchev–Trinajstić information content (AvgIpc) is 2.52. The van der Waals surface area contributed by atoms with Crippen molar-refractivity contribution in [2.24, 2.45) is 0 Å². The monoisotopic (exact) mass is 321 g/mol. The molecular formula is C18H24FNO3. The molecule has 126 valence electrons. The molecule has 2 aliphatic rings. The van der Waals surface area contributed by atoms with E-state index < -0.39 is 11.8 Å². The summed E-state index contributed by atoms with van der Waals surface area (Å²) in [6, 6.07) is 3.57. The van der Waals surface area contributed by atoms with Crippen LogP contribution in [0.25, 0.3) is 0 Å². The largest absolute Gasteiger partial charge is 0.489 e. The number of carbonyl (C=O) groups is 1. The second kappa shape index (κ2) is 6.87. The molecule has 5 heteroatoms. The van der Waals surface area contributed by atoms with Gasteiger partial charge in [-0.15, -0.1) is 0 Å². The second-order valence-electron chi connectivity index (χ2n) is 6.39. The van der Waals surface area contributed by atoms with Gasteiger partial charge in [-0.2, -0.15) is 0 Å². The van der Waals surface area contributed by atoms with Gasteiger partial charge in [0.1, 0.15) is 6.61 Å². The third kappa shape index (κ3) is 3.07. The fourth-order valence-electron chi connectivity index (χ4n) is 3.59. The summed E-state index contributed by atoms with van der Waals surface area (Å²) < 4.78 is 24.6. The van der Waals surface area contributed by atoms with Crippen molar-refractivity contribution >= 4 is 5.97 Å². The Morgan fingerprint density at radius 3 is 2.78 bits per heavy atom. The van der Waals surface area contributed by atoms with Gasteiger partial charge in [-0.3, -0.25) is 4.90 Å². The fourth-order valence-corrected chi connectivity index (χ4v) is 3.59. The van der Waals surface area contributed by atoms with Gasteiger partial charge in [-0.25, -0.2) is 9.18 Å². The number of hydrogen-bond acceptors (Lipinski definition) is 4. The molecule has 4 nitrogen and oxygen atoms in total. The van der Waals surface area contributed by atoms with Gasteiger partial charge >= 0.3 is 5.97 Å². The Balaban J connectivity index is 1.88. The number of esters is 1. The summed E-state index contributed by atoms with van der Waals surface area (Å²) in [7, 11) is 1.34. The highest BCUT2D eigenvalue weighted by Gasteiger charge is 2.35. The molecule has 0 bridgehead atoms. The van der Waals surface area contributed by atoms with Crippen LogP contribution >= 0.6 is 0 Å². The van der Waals surface area contributed by atoms with E-state index in [1.165, 1.54) is 38.5 Å². The summed E-state index contributed by atoms with van der Waals surface area (Å²) in [4.78, 5) is 14.5. The number of rotatable bonds is 5. The summed E-state index contributed by atoms with van der Waals surface area (Å²) in [5, 5.41) is 0. The Labute approximate surface area is 136 Å². The van der Waals surface area contributed by atoms with Crippen LogP contribution < -0.4 is 4.74 Å². The van der Waals surface area contributed by atoms with E-state index in [1.807, 2.05) is 0 Å². The Bertz CT molecular complexity index is 586. The van der Waals surface area contributed by atoms with E-state index in [9.17, 15) is 9.18 Å². The standard InChI is InChI=1S/C18H24FNO3/c1-3-9-20(12-5-4-6-12)13-10-15-14(18(21)22-2)7-8-16(19)17(15)23-11-13/h7-8,12-13H,3-6,9-11H2,1-2H3/t13-/m1/s1. The molecule has 0 N–H and O–H groups in total. The molecule has 0 amide bonds. The molecule has 1 atom stereocenters. The molecule has 0 saturated heterocycles. The summed E-state index contributed by atoms with van der Waals surface area (Å²) in [6.07, 6.45) is 5.42. The number of nitrogens with zero attached hydrogens (tertiary/aromatic N) is 1. The lowest BCUT2D eigenvalue weighted by atomic mass is 9.88. The first-order valence-corrected chi connectivity index (χ1v) is 8.44. The van der Waals surface area contributed by atoms with Crippen molar-refractivity contribution in [2.75, 3.05) is 20.3 Å². The zero-order chi connectivity index (χ0) is 16.4. The van der Waals surface area contributed by atoms with E-state index in [1.54, 1.807) is 0 Å². The van der Waals surface area contributed by atoms with Gasteiger partial charge in [-0.05, 0) is 44.4 Å². The third-order valence-electron chi connectivity index (χ3n) is 4.97. The first-order chi connectivity index (χ1) is 11.2. The Kier molecular flexibility index (Phi) is 4.85. The lowest BCUT2D eigenvalue weighted by molar-refractivity contribution is 0.0422. The Morgan fingerprint density at radius 2 is 2.17 bits per heavy atom. The van der Waals surface area contributed by atoms with Gasteiger partial charge in [0.15, 0.2) is 11.6 Å². The molecule has 0 radical (unpaired) electrons. The smallest absolute Gasteiger partial charge is 0.338 e. The van der Waals surface area contributed by atoms with Crippen molar-refractivity contribution in [1.82, 2.24) is 4.90 Å². The van der Waals surface area contributed by atoms with Gasteiger partial charge in [0.25, 0.3) is 0 Å². The highest BCUT2D eigenvalue weighted by Crippen LogP contribution is 2.35. The quantitative estimate of drug-likeness (QED) is 0.781. The highest BCUT2D eigenvalue weighted by atomic mass is 19.1. The average molecular weight is 321 g/mol. The van der Waals surface area contributed by atoms with Crippen LogP contribution in [0.3, 0.4) is 0 Å². The number of fused-ring (bicyclic) bond motifs is 1. The van der Waals surface area contributed by atoms with Crippen molar-refractivity contribution in [2.45, 2.75) is 51.1 Å². The van der Waals surface area contributed by atoms with E-state index in [0.717, 1.165) is 13.0 Å². The van der Waals surface area contributed by atoms with Gasteiger partial charge in [0.05, 0.1) is 12.7 Å². The lowest BCUT2D eigenvalue weighted by Crippen LogP contribution is -2.51. The predicted octanol–water partition coefficient (Wildman–Crippen LogP) is 3.18. The molecule has 3 rings (SSSR count). The van der Waals surface area contributed by atoms with Crippen LogP contribution in [0.15, 0.2) is 12.1 Å². The number of ether oxygens (including phenoxy) is 2. The van der Waals surface area contributed by atoms with E-state index in [2.05, 4.69) is 11.8 Å². The maximum Gasteiger partial charge on any atom is 0.338 e. The van der Waals surface area contributed by atoms with Crippen LogP contribution in [0.1, 0.15) is 48.5 Å². The van der Waals surface area contributed by atoms with Gasteiger partial charge in [0.2, 0.25) is 0 Å². The molecule has 1 saturated carbocycles. The van der Waals surface area contributed by atoms with Crippen LogP contribution in [0.2, 0.25) is 0 Å². The normalized spacial score (nSPS) is 20.6. The minimum Gasteiger partial charge on any atom is -0.489 e. The molecule has 0 spiro atoms. The van der Waals surface area contributed by atoms with E-state index in [0.29, 0.717) is 30.2 Å². The summed E-state index contributed by atoms with van der Waals surface area (Å²) >= 11 is 0. The van der Waals surface area contributed by atoms with E-state index >= 15 is 0 Å². The minimum absolute atomic E-state index is 0.193. The Morgan fingerprint density at radius 1 is 1.39 bits per heavy atom. The van der Waals surface area contributed by atoms with Gasteiger partial charge < -0.3 is 9.47 Å². The molecule has 1 aliphatic heterocycles. The fraction of sp³-hybridized carbons (Fsp3) is 0.611. The first-order valence-electron chi connectivity index (χ1n) is 8.44. The zero-order valence-corrected chi connectivity index (χ0v) is 13.8. The van der Waals surface area contributed by atoms with Crippen molar-refractivity contribution in [1.29, 1.82) is 0 Å². The summed E-state index contributed by atoms with van der Waals surface area (Å²) in [6.45, 7) is 3.66. The Hall–Kier alpha value is -1.62. The number of halogens is 1. The van der Waals surface area contributed by atoms with Crippen LogP contribution in [-0.2, 0) is 11.2 Å². The summed E-state index contributed by atoms with van der Waals surface area (Å²) in [5.41, 5.74) is 1.06. The van der Waals surface area contributed by atoms with Gasteiger partial charge in [0, 0.05) is 17.6 Å². The topological polar surface area (TPSA) is 38.8 Å². The molecule has 23 heavy (non-hydrogen) atoms. The van der Waals surface area contributed by atoms with Crippen LogP contribution in [0.5, 0.6) is 5.75 Å². The lowest BCUT2D eigenvalue weighted by Gasteiger charge is -2.44. The van der Waals surface area contributed by atoms with Crippen LogP contribution in [0, 0.1) is 5.82 Å². The summed E-state index contributed by atoms with van der Waals surface area (Å²) in [5.74, 6) is -0.623. The number of carbonyl (C=O) groups excluding carboxylic acids is 1. The maximum atomic E-state index is 14.0. The molecule has 0 unspecified atom stereocenters. The highest BCUT2D eigenvalue weighted by molar-refractivity contribution is 5.92. The second-order valence-corrected chi connectivity index (χ2v) is 6.39. The SMILES string of the molecule is CCCN(C1CCC1)[C@H]1COc2c(F)ccc(C(=O)OC)c2C1. The molecular weight excluding hydrogens is 297 g/mol. The maximum absolute atomic E-state index is 14.0. The van der Waals surface area contributed by atoms with Crippen molar-refractivity contribution in [3.05, 3.63) is 29.1 Å². The van der Waals surface area contributed by atoms with Crippen molar-refractivity contribution < 1.29 is 18.7 Å². The van der Waals surface area contributed by atoms with Crippen LogP contribution in [-0.4, -0.2) is 43.2 Å². The molecule has 1 heterocycles. The molecule has 1 aliphatic carbocycles. The van der Waals surface area contributed by atoms with Crippen LogP contribution in [0.4, 0.5) is 4.39 Å². The molecule has 1 fully saturated rings. The number of hydrogen-bond donors (Lipinski definition) is 0. The van der Waals surface area contributed by atoms with Crippen molar-refractivity contribution in [3.8, 4) is 5.75 Å². The molecule has 1 aromatic rings. The minimum atomic E-state index is -0.434. The van der Waals surface area contributed by atoms with E-state index in [4.69, 9.17) is 9.47 Å². The zero-order valence-electron chi connectivity index (χ0n) is 13.8. The number of benzene rings is 1. The van der Waals surface area contributed by atoms with E-state index in [-0.39, 0.29) is 11.8 Å². The predicted molar refractivity (Wildman–Crippen MR) is 85.4 cm³/mol. The third-order valence-corrected chi connectivity index (χ3v) is 4.97. The number of methoxy groups -OCH3 is 1. The van der Waals surface area contributed by atoms with Gasteiger partial charge in [-0.1, -0.05) is 13.3 Å².